The van der Waals surface area contributed by atoms with Gasteiger partial charge in [0.2, 0.25) is 0 Å². The number of hydrogen-bond donors (Lipinski definition) is 4. The first-order valence-corrected chi connectivity index (χ1v) is 5.87. The van der Waals surface area contributed by atoms with E-state index in [2.05, 4.69) is 0 Å². The number of hydrogen-bond acceptors (Lipinski definition) is 3. The summed E-state index contributed by atoms with van der Waals surface area (Å²) in [5.41, 5.74) is -1.31. The molecule has 0 saturated carbocycles. The monoisotopic (exact) mass is 234 g/mol. The average molecular weight is 234 g/mol. The Hall–Kier alpha value is -0.240. The van der Waals surface area contributed by atoms with Crippen LogP contribution in [0.15, 0.2) is 0 Å². The Labute approximate surface area is 98.4 Å². The molecule has 2 unspecified atom stereocenters. The molecular weight excluding hydrogens is 206 g/mol. The van der Waals surface area contributed by atoms with Gasteiger partial charge in [-0.3, -0.25) is 0 Å². The fourth-order valence-electron chi connectivity index (χ4n) is 1.97. The van der Waals surface area contributed by atoms with Crippen LogP contribution in [0.1, 0.15) is 53.9 Å². The summed E-state index contributed by atoms with van der Waals surface area (Å²) in [7, 11) is 0. The van der Waals surface area contributed by atoms with Crippen molar-refractivity contribution in [2.24, 2.45) is 11.7 Å². The van der Waals surface area contributed by atoms with Crippen LogP contribution in [0.3, 0.4) is 0 Å². The summed E-state index contributed by atoms with van der Waals surface area (Å²) < 4.78 is -0.348. The van der Waals surface area contributed by atoms with Crippen LogP contribution in [0.5, 0.6) is 0 Å². The molecule has 0 aromatic carbocycles. The second-order valence-corrected chi connectivity index (χ2v) is 4.96. The molecule has 0 aliphatic heterocycles. The minimum Gasteiger partial charge on any atom is -0.429 e. The Bertz CT molecular complexity index is 227. The van der Waals surface area contributed by atoms with Crippen LogP contribution in [0.4, 0.5) is 0 Å². The third kappa shape index (κ3) is 2.09. The van der Waals surface area contributed by atoms with Gasteiger partial charge in [0.25, 0.3) is 5.66 Å². The van der Waals surface area contributed by atoms with Gasteiger partial charge in [0, 0.05) is 12.8 Å². The lowest BCUT2D eigenvalue weighted by Crippen LogP contribution is -3.19. The highest BCUT2D eigenvalue weighted by molar-refractivity contribution is 4.74. The largest absolute Gasteiger partial charge is 0.429 e. The van der Waals surface area contributed by atoms with Crippen molar-refractivity contribution in [3.63, 3.8) is 0 Å². The van der Waals surface area contributed by atoms with Crippen LogP contribution < -0.4 is 16.9 Å². The number of hydroxylamine groups is 1. The van der Waals surface area contributed by atoms with Gasteiger partial charge in [-0.15, -0.1) is 4.70 Å². The summed E-state index contributed by atoms with van der Waals surface area (Å²) >= 11 is 0. The first-order valence-electron chi connectivity index (χ1n) is 5.87. The summed E-state index contributed by atoms with van der Waals surface area (Å²) in [6, 6.07) is 0. The van der Waals surface area contributed by atoms with Gasteiger partial charge in [-0.2, -0.15) is 11.7 Å². The lowest BCUT2D eigenvalue weighted by molar-refractivity contribution is -1.25. The van der Waals surface area contributed by atoms with Gasteiger partial charge in [0.1, 0.15) is 5.54 Å². The smallest absolute Gasteiger partial charge is 0.276 e. The Kier molecular flexibility index (Phi) is 4.88. The van der Waals surface area contributed by atoms with Crippen molar-refractivity contribution in [2.75, 3.05) is 0 Å². The summed E-state index contributed by atoms with van der Waals surface area (Å²) in [4.78, 5) is 0. The maximum Gasteiger partial charge on any atom is 0.276 e. The number of rotatable bonds is 6. The molecule has 6 heteroatoms. The highest BCUT2D eigenvalue weighted by Gasteiger charge is 2.57. The van der Waals surface area contributed by atoms with E-state index in [1.165, 1.54) is 0 Å². The Balaban J connectivity index is 5.46. The maximum atomic E-state index is 9.57. The molecule has 0 aliphatic carbocycles. The molecular formula is C10H28N5O+. The van der Waals surface area contributed by atoms with Crippen LogP contribution in [0, 0.1) is 0 Å². The SMILES string of the molecule is CCC(C)(CC)[N+](N)(N)C(C)(CC)[NH+]([NH-])O. The van der Waals surface area contributed by atoms with Gasteiger partial charge < -0.3 is 5.84 Å². The van der Waals surface area contributed by atoms with Crippen LogP contribution in [0.2, 0.25) is 0 Å². The number of nitrogens with one attached hydrogen (secondary N) is 2. The van der Waals surface area contributed by atoms with E-state index < -0.39 is 10.8 Å². The molecule has 0 aliphatic rings. The fraction of sp³-hybridized carbons (Fsp3) is 1.00. The molecule has 7 N–H and O–H groups in total. The lowest BCUT2D eigenvalue weighted by Gasteiger charge is -2.52. The highest BCUT2D eigenvalue weighted by Crippen LogP contribution is 2.31. The van der Waals surface area contributed by atoms with Crippen molar-refractivity contribution in [3.05, 3.63) is 5.84 Å². The van der Waals surface area contributed by atoms with Gasteiger partial charge in [0.05, 0.1) is 13.3 Å². The van der Waals surface area contributed by atoms with E-state index in [9.17, 15) is 5.21 Å². The average Bonchev–Trinajstić information content (AvgIpc) is 2.25. The fourth-order valence-corrected chi connectivity index (χ4v) is 1.97. The van der Waals surface area contributed by atoms with Crippen molar-refractivity contribution in [3.8, 4) is 0 Å². The summed E-state index contributed by atoms with van der Waals surface area (Å²) in [6.45, 7) is 9.65. The second kappa shape index (κ2) is 4.95. The normalized spacial score (nSPS) is 19.3. The van der Waals surface area contributed by atoms with Gasteiger partial charge in [-0.1, -0.05) is 20.8 Å². The molecule has 0 radical (unpaired) electrons. The van der Waals surface area contributed by atoms with Gasteiger partial charge in [-0.05, 0) is 6.92 Å². The van der Waals surface area contributed by atoms with Gasteiger partial charge >= 0.3 is 0 Å². The summed E-state index contributed by atoms with van der Waals surface area (Å²) in [6.07, 6.45) is 2.10. The van der Waals surface area contributed by atoms with Crippen LogP contribution >= 0.6 is 0 Å². The molecule has 0 spiro atoms. The first-order chi connectivity index (χ1) is 7.13. The van der Waals surface area contributed by atoms with Crippen LogP contribution in [0.25, 0.3) is 5.84 Å². The van der Waals surface area contributed by atoms with Crippen LogP contribution in [-0.4, -0.2) is 21.1 Å². The zero-order chi connectivity index (χ0) is 13.2. The summed E-state index contributed by atoms with van der Waals surface area (Å²) in [5, 5.41) is 9.12. The standard InChI is InChI=1S/C10H28N5O/c1-6-9(4,7-2)15(12,13)10(5,8-3)14(11)16/h11,14,16H,6-8,12-13H2,1-5H3/q+1. The molecule has 0 saturated heterocycles. The van der Waals surface area contributed by atoms with E-state index in [0.717, 1.165) is 12.8 Å². The zero-order valence-electron chi connectivity index (χ0n) is 11.2. The quantitative estimate of drug-likeness (QED) is 0.233. The maximum absolute atomic E-state index is 9.57. The molecule has 2 atom stereocenters. The molecule has 6 nitrogen and oxygen atoms in total. The Morgan fingerprint density at radius 2 is 1.50 bits per heavy atom. The predicted octanol–water partition coefficient (Wildman–Crippen LogP) is 0.497. The van der Waals surface area contributed by atoms with Crippen LogP contribution in [-0.2, 0) is 0 Å². The summed E-state index contributed by atoms with van der Waals surface area (Å²) in [5.74, 6) is 20.0. The second-order valence-electron chi connectivity index (χ2n) is 4.96. The molecule has 0 amide bonds. The number of nitrogens with zero attached hydrogens (tertiary/aromatic N) is 1. The van der Waals surface area contributed by atoms with E-state index in [0.29, 0.717) is 6.42 Å². The molecule has 0 rings (SSSR count). The zero-order valence-corrected chi connectivity index (χ0v) is 11.2. The van der Waals surface area contributed by atoms with E-state index in [4.69, 9.17) is 17.5 Å². The number of nitrogens with two attached hydrogens (primary N) is 2. The van der Waals surface area contributed by atoms with E-state index >= 15 is 0 Å². The molecule has 98 valence electrons. The molecule has 0 bridgehead atoms. The molecule has 0 fully saturated rings. The van der Waals surface area contributed by atoms with Gasteiger partial charge in [0.15, 0.2) is 0 Å². The molecule has 0 aromatic rings. The van der Waals surface area contributed by atoms with E-state index in [1.807, 2.05) is 27.7 Å². The third-order valence-corrected chi connectivity index (χ3v) is 4.43. The molecule has 0 heterocycles. The minimum atomic E-state index is -0.944. The Morgan fingerprint density at radius 1 is 1.12 bits per heavy atom. The van der Waals surface area contributed by atoms with Gasteiger partial charge in [-0.25, -0.2) is 10.4 Å². The topological polar surface area (TPSA) is 101 Å². The molecule has 0 aromatic heterocycles. The minimum absolute atomic E-state index is 0.348. The van der Waals surface area contributed by atoms with Crippen molar-refractivity contribution in [1.82, 2.24) is 0 Å². The van der Waals surface area contributed by atoms with Crippen molar-refractivity contribution < 1.29 is 15.1 Å². The lowest BCUT2D eigenvalue weighted by atomic mass is 9.89. The molecule has 16 heavy (non-hydrogen) atoms. The highest BCUT2D eigenvalue weighted by atomic mass is 16.5. The van der Waals surface area contributed by atoms with E-state index in [-0.39, 0.29) is 10.2 Å². The first kappa shape index (κ1) is 15.8. The number of quaternary nitrogens is 2. The van der Waals surface area contributed by atoms with Crippen molar-refractivity contribution >= 4 is 0 Å². The predicted molar refractivity (Wildman–Crippen MR) is 63.4 cm³/mol. The third-order valence-electron chi connectivity index (χ3n) is 4.43. The van der Waals surface area contributed by atoms with E-state index in [1.54, 1.807) is 6.92 Å². The van der Waals surface area contributed by atoms with Crippen molar-refractivity contribution in [2.45, 2.75) is 65.1 Å². The van der Waals surface area contributed by atoms with Crippen molar-refractivity contribution in [1.29, 1.82) is 0 Å². The Morgan fingerprint density at radius 3 is 1.69 bits per heavy atom.